The molecule has 4 heteroatoms. The molecule has 4 nitrogen and oxygen atoms in total. The number of carboxylic acids is 1. The number of carbonyl (C=O) groups is 2. The van der Waals surface area contributed by atoms with Crippen LogP contribution in [0, 0.1) is 11.3 Å². The number of piperidine rings is 1. The predicted molar refractivity (Wildman–Crippen MR) is 74.9 cm³/mol. The van der Waals surface area contributed by atoms with Crippen LogP contribution in [0.25, 0.3) is 0 Å². The Morgan fingerprint density at radius 1 is 1.26 bits per heavy atom. The fourth-order valence-electron chi connectivity index (χ4n) is 2.80. The highest BCUT2D eigenvalue weighted by atomic mass is 16.4. The van der Waals surface area contributed by atoms with Gasteiger partial charge in [0.05, 0.1) is 5.41 Å². The summed E-state index contributed by atoms with van der Waals surface area (Å²) in [5, 5.41) is 9.42. The molecule has 1 rings (SSSR count). The summed E-state index contributed by atoms with van der Waals surface area (Å²) in [6.07, 6.45) is 4.30. The van der Waals surface area contributed by atoms with Crippen molar-refractivity contribution in [3.8, 4) is 0 Å². The fraction of sp³-hybridized carbons (Fsp3) is 0.867. The Kier molecular flexibility index (Phi) is 5.83. The second-order valence-electron chi connectivity index (χ2n) is 6.15. The molecule has 0 saturated carbocycles. The van der Waals surface area contributed by atoms with E-state index >= 15 is 0 Å². The molecule has 1 saturated heterocycles. The van der Waals surface area contributed by atoms with Gasteiger partial charge in [0.1, 0.15) is 0 Å². The van der Waals surface area contributed by atoms with Crippen LogP contribution in [-0.2, 0) is 9.59 Å². The first-order chi connectivity index (χ1) is 8.91. The SMILES string of the molecule is CCCC1(C(=O)O)CCN(C(=O)CCC(C)C)CC1. The summed E-state index contributed by atoms with van der Waals surface area (Å²) in [5.41, 5.74) is -0.594. The number of likely N-dealkylation sites (tertiary alicyclic amines) is 1. The number of amides is 1. The van der Waals surface area contributed by atoms with E-state index in [9.17, 15) is 14.7 Å². The van der Waals surface area contributed by atoms with Crippen LogP contribution in [0.1, 0.15) is 59.3 Å². The minimum Gasteiger partial charge on any atom is -0.481 e. The molecule has 1 heterocycles. The highest BCUT2D eigenvalue weighted by Gasteiger charge is 2.41. The van der Waals surface area contributed by atoms with Crippen molar-refractivity contribution in [2.24, 2.45) is 11.3 Å². The highest BCUT2D eigenvalue weighted by molar-refractivity contribution is 5.78. The Labute approximate surface area is 116 Å². The van der Waals surface area contributed by atoms with E-state index in [1.165, 1.54) is 0 Å². The summed E-state index contributed by atoms with van der Waals surface area (Å²) in [5.74, 6) is 0.0276. The molecule has 1 aliphatic heterocycles. The molecule has 0 unspecified atom stereocenters. The van der Waals surface area contributed by atoms with Crippen LogP contribution in [0.3, 0.4) is 0 Å². The molecule has 0 spiro atoms. The van der Waals surface area contributed by atoms with Gasteiger partial charge in [0.2, 0.25) is 5.91 Å². The van der Waals surface area contributed by atoms with E-state index in [4.69, 9.17) is 0 Å². The first kappa shape index (κ1) is 16.0. The molecule has 110 valence electrons. The van der Waals surface area contributed by atoms with Gasteiger partial charge in [0, 0.05) is 19.5 Å². The lowest BCUT2D eigenvalue weighted by Gasteiger charge is -2.39. The number of carboxylic acid groups (broad SMARTS) is 1. The normalized spacial score (nSPS) is 18.6. The number of nitrogens with zero attached hydrogens (tertiary/aromatic N) is 1. The van der Waals surface area contributed by atoms with Crippen LogP contribution in [0.2, 0.25) is 0 Å². The van der Waals surface area contributed by atoms with E-state index in [-0.39, 0.29) is 5.91 Å². The Morgan fingerprint density at radius 3 is 2.26 bits per heavy atom. The van der Waals surface area contributed by atoms with Gasteiger partial charge >= 0.3 is 5.97 Å². The van der Waals surface area contributed by atoms with E-state index in [1.807, 2.05) is 11.8 Å². The maximum Gasteiger partial charge on any atom is 0.309 e. The van der Waals surface area contributed by atoms with Crippen LogP contribution >= 0.6 is 0 Å². The van der Waals surface area contributed by atoms with Gasteiger partial charge in [-0.3, -0.25) is 9.59 Å². The van der Waals surface area contributed by atoms with Crippen molar-refractivity contribution in [1.29, 1.82) is 0 Å². The summed E-state index contributed by atoms with van der Waals surface area (Å²) < 4.78 is 0. The second-order valence-corrected chi connectivity index (χ2v) is 6.15. The van der Waals surface area contributed by atoms with Crippen LogP contribution in [-0.4, -0.2) is 35.0 Å². The van der Waals surface area contributed by atoms with Crippen molar-refractivity contribution in [1.82, 2.24) is 4.90 Å². The largest absolute Gasteiger partial charge is 0.481 e. The average molecular weight is 269 g/mol. The van der Waals surface area contributed by atoms with Gasteiger partial charge in [0.15, 0.2) is 0 Å². The quantitative estimate of drug-likeness (QED) is 0.806. The molecule has 0 aromatic rings. The van der Waals surface area contributed by atoms with Crippen molar-refractivity contribution >= 4 is 11.9 Å². The zero-order valence-electron chi connectivity index (χ0n) is 12.4. The highest BCUT2D eigenvalue weighted by Crippen LogP contribution is 2.36. The van der Waals surface area contributed by atoms with Gasteiger partial charge < -0.3 is 10.0 Å². The van der Waals surface area contributed by atoms with Crippen LogP contribution < -0.4 is 0 Å². The molecule has 1 amide bonds. The van der Waals surface area contributed by atoms with Crippen molar-refractivity contribution in [3.05, 3.63) is 0 Å². The lowest BCUT2D eigenvalue weighted by molar-refractivity contribution is -0.155. The standard InChI is InChI=1S/C15H27NO3/c1-4-7-15(14(18)19)8-10-16(11-9-15)13(17)6-5-12(2)3/h12H,4-11H2,1-3H3,(H,18,19). The molecule has 0 radical (unpaired) electrons. The van der Waals surface area contributed by atoms with Gasteiger partial charge in [-0.05, 0) is 31.6 Å². The van der Waals surface area contributed by atoms with E-state index in [2.05, 4.69) is 13.8 Å². The monoisotopic (exact) mass is 269 g/mol. The summed E-state index contributed by atoms with van der Waals surface area (Å²) in [6, 6.07) is 0. The molecule has 0 atom stereocenters. The minimum atomic E-state index is -0.691. The third-order valence-electron chi connectivity index (χ3n) is 4.19. The molecule has 1 N–H and O–H groups in total. The van der Waals surface area contributed by atoms with Crippen LogP contribution in [0.4, 0.5) is 0 Å². The van der Waals surface area contributed by atoms with Crippen LogP contribution in [0.5, 0.6) is 0 Å². The number of hydrogen-bond donors (Lipinski definition) is 1. The smallest absolute Gasteiger partial charge is 0.309 e. The molecule has 1 fully saturated rings. The number of hydrogen-bond acceptors (Lipinski definition) is 2. The summed E-state index contributed by atoms with van der Waals surface area (Å²) in [4.78, 5) is 25.3. The number of aliphatic carboxylic acids is 1. The fourth-order valence-corrected chi connectivity index (χ4v) is 2.80. The third kappa shape index (κ3) is 4.22. The first-order valence-electron chi connectivity index (χ1n) is 7.42. The topological polar surface area (TPSA) is 57.6 Å². The Bertz CT molecular complexity index is 317. The Morgan fingerprint density at radius 2 is 1.84 bits per heavy atom. The van der Waals surface area contributed by atoms with Gasteiger partial charge in [-0.15, -0.1) is 0 Å². The number of carbonyl (C=O) groups excluding carboxylic acids is 1. The van der Waals surface area contributed by atoms with Crippen molar-refractivity contribution < 1.29 is 14.7 Å². The first-order valence-corrected chi connectivity index (χ1v) is 7.42. The second kappa shape index (κ2) is 6.92. The lowest BCUT2D eigenvalue weighted by Crippen LogP contribution is -2.46. The molecule has 0 bridgehead atoms. The van der Waals surface area contributed by atoms with Gasteiger partial charge in [-0.1, -0.05) is 27.2 Å². The molecular weight excluding hydrogens is 242 g/mol. The van der Waals surface area contributed by atoms with Crippen molar-refractivity contribution in [2.45, 2.75) is 59.3 Å². The predicted octanol–water partition coefficient (Wildman–Crippen LogP) is 2.92. The molecular formula is C15H27NO3. The minimum absolute atomic E-state index is 0.184. The van der Waals surface area contributed by atoms with E-state index < -0.39 is 11.4 Å². The number of rotatable bonds is 6. The van der Waals surface area contributed by atoms with Gasteiger partial charge in [-0.2, -0.15) is 0 Å². The Hall–Kier alpha value is -1.06. The molecule has 0 aromatic heterocycles. The molecule has 1 aliphatic rings. The summed E-state index contributed by atoms with van der Waals surface area (Å²) in [6.45, 7) is 7.44. The third-order valence-corrected chi connectivity index (χ3v) is 4.19. The zero-order chi connectivity index (χ0) is 14.5. The average Bonchev–Trinajstić information content (AvgIpc) is 2.37. The zero-order valence-corrected chi connectivity index (χ0v) is 12.4. The summed E-state index contributed by atoms with van der Waals surface area (Å²) >= 11 is 0. The van der Waals surface area contributed by atoms with Crippen LogP contribution in [0.15, 0.2) is 0 Å². The molecule has 0 aromatic carbocycles. The summed E-state index contributed by atoms with van der Waals surface area (Å²) in [7, 11) is 0. The van der Waals surface area contributed by atoms with E-state index in [1.54, 1.807) is 0 Å². The van der Waals surface area contributed by atoms with Crippen molar-refractivity contribution in [3.63, 3.8) is 0 Å². The maximum absolute atomic E-state index is 12.0. The molecule has 0 aliphatic carbocycles. The van der Waals surface area contributed by atoms with Gasteiger partial charge in [0.25, 0.3) is 0 Å². The Balaban J connectivity index is 2.51. The maximum atomic E-state index is 12.0. The van der Waals surface area contributed by atoms with E-state index in [0.29, 0.717) is 38.3 Å². The molecule has 19 heavy (non-hydrogen) atoms. The van der Waals surface area contributed by atoms with E-state index in [0.717, 1.165) is 19.3 Å². The van der Waals surface area contributed by atoms with Crippen molar-refractivity contribution in [2.75, 3.05) is 13.1 Å². The van der Waals surface area contributed by atoms with Gasteiger partial charge in [-0.25, -0.2) is 0 Å². The lowest BCUT2D eigenvalue weighted by atomic mass is 9.75.